The molecule has 5 nitrogen and oxygen atoms in total. The van der Waals surface area contributed by atoms with Crippen LogP contribution in [0, 0.1) is 12.7 Å². The predicted octanol–water partition coefficient (Wildman–Crippen LogP) is 4.01. The van der Waals surface area contributed by atoms with Crippen molar-refractivity contribution in [3.63, 3.8) is 0 Å². The maximum atomic E-state index is 13.6. The van der Waals surface area contributed by atoms with Crippen molar-refractivity contribution in [2.75, 3.05) is 6.61 Å². The molecule has 0 bridgehead atoms. The van der Waals surface area contributed by atoms with Gasteiger partial charge in [0, 0.05) is 4.47 Å². The number of thiazole rings is 1. The second kappa shape index (κ2) is 8.96. The highest BCUT2D eigenvalue weighted by molar-refractivity contribution is 9.10. The Morgan fingerprint density at radius 3 is 2.62 bits per heavy atom. The third-order valence-electron chi connectivity index (χ3n) is 5.20. The molecule has 1 aliphatic rings. The number of nitrogens with zero attached hydrogens (tertiary/aromatic N) is 2. The molecule has 32 heavy (non-hydrogen) atoms. The van der Waals surface area contributed by atoms with Crippen LogP contribution < -0.4 is 14.9 Å². The molecule has 4 rings (SSSR count). The van der Waals surface area contributed by atoms with E-state index in [1.807, 2.05) is 25.1 Å². The van der Waals surface area contributed by atoms with E-state index < -0.39 is 17.8 Å². The van der Waals surface area contributed by atoms with E-state index in [9.17, 15) is 14.0 Å². The summed E-state index contributed by atoms with van der Waals surface area (Å²) in [6, 6.07) is 10.9. The fourth-order valence-electron chi connectivity index (χ4n) is 3.60. The summed E-state index contributed by atoms with van der Waals surface area (Å²) in [5.74, 6) is -0.940. The lowest BCUT2D eigenvalue weighted by Crippen LogP contribution is -2.39. The minimum absolute atomic E-state index is 0.193. The number of aromatic nitrogens is 1. The number of ether oxygens (including phenoxy) is 1. The average molecular weight is 515 g/mol. The molecule has 0 aliphatic carbocycles. The molecule has 1 atom stereocenters. The van der Waals surface area contributed by atoms with Crippen LogP contribution in [0.4, 0.5) is 4.39 Å². The molecule has 164 valence electrons. The van der Waals surface area contributed by atoms with Crippen molar-refractivity contribution >= 4 is 39.3 Å². The molecule has 0 spiro atoms. The third kappa shape index (κ3) is 4.12. The summed E-state index contributed by atoms with van der Waals surface area (Å²) in [5, 5.41) is 0. The molecule has 0 radical (unpaired) electrons. The topological polar surface area (TPSA) is 60.7 Å². The predicted molar refractivity (Wildman–Crippen MR) is 126 cm³/mol. The van der Waals surface area contributed by atoms with E-state index in [2.05, 4.69) is 20.9 Å². The number of fused-ring (bicyclic) bond motifs is 1. The number of benzene rings is 2. The molecular weight excluding hydrogens is 495 g/mol. The Kier molecular flexibility index (Phi) is 6.26. The molecule has 0 amide bonds. The van der Waals surface area contributed by atoms with Crippen molar-refractivity contribution in [3.8, 4) is 0 Å². The highest BCUT2D eigenvalue weighted by atomic mass is 79.9. The third-order valence-corrected chi connectivity index (χ3v) is 7.03. The van der Waals surface area contributed by atoms with Crippen LogP contribution in [0.5, 0.6) is 0 Å². The van der Waals surface area contributed by atoms with Crippen LogP contribution >= 0.6 is 27.3 Å². The smallest absolute Gasteiger partial charge is 0.338 e. The molecule has 1 aromatic heterocycles. The van der Waals surface area contributed by atoms with E-state index >= 15 is 0 Å². The number of hydrogen-bond acceptors (Lipinski definition) is 5. The normalized spacial score (nSPS) is 16.0. The summed E-state index contributed by atoms with van der Waals surface area (Å²) in [4.78, 5) is 31.3. The zero-order valence-corrected chi connectivity index (χ0v) is 20.1. The second-order valence-electron chi connectivity index (χ2n) is 7.36. The number of allylic oxidation sites excluding steroid dienone is 1. The van der Waals surface area contributed by atoms with Gasteiger partial charge in [0.1, 0.15) is 5.82 Å². The molecule has 0 saturated carbocycles. The fraction of sp³-hybridized carbons (Fsp3) is 0.208. The maximum absolute atomic E-state index is 13.6. The largest absolute Gasteiger partial charge is 0.463 e. The van der Waals surface area contributed by atoms with Gasteiger partial charge in [-0.2, -0.15) is 0 Å². The summed E-state index contributed by atoms with van der Waals surface area (Å²) in [6.45, 7) is 5.62. The number of carbonyl (C=O) groups excluding carboxylic acids is 1. The standard InChI is InChI=1S/C24H20BrFN2O3S/c1-4-31-23(30)20-14(3)27-24-28(21(20)16-7-9-17(26)10-8-16)22(29)19(32-24)12-15-6-5-13(2)18(25)11-15/h5-12,21H,4H2,1-3H3/b19-12-/t21-/m0/s1. The summed E-state index contributed by atoms with van der Waals surface area (Å²) < 4.78 is 21.8. The number of hydrogen-bond donors (Lipinski definition) is 0. The fourth-order valence-corrected chi connectivity index (χ4v) is 5.05. The van der Waals surface area contributed by atoms with Crippen molar-refractivity contribution < 1.29 is 13.9 Å². The van der Waals surface area contributed by atoms with Crippen LogP contribution in [-0.2, 0) is 9.53 Å². The van der Waals surface area contributed by atoms with E-state index in [1.165, 1.54) is 28.0 Å². The zero-order chi connectivity index (χ0) is 23.0. The van der Waals surface area contributed by atoms with Gasteiger partial charge in [0.05, 0.1) is 28.5 Å². The maximum Gasteiger partial charge on any atom is 0.338 e. The Bertz CT molecular complexity index is 1420. The van der Waals surface area contributed by atoms with E-state index in [0.29, 0.717) is 20.6 Å². The monoisotopic (exact) mass is 514 g/mol. The van der Waals surface area contributed by atoms with Crippen LogP contribution in [0.2, 0.25) is 0 Å². The van der Waals surface area contributed by atoms with Crippen LogP contribution in [0.15, 0.2) is 68.0 Å². The molecule has 0 saturated heterocycles. The number of rotatable bonds is 4. The first-order valence-corrected chi connectivity index (χ1v) is 11.6. The van der Waals surface area contributed by atoms with Gasteiger partial charge in [0.15, 0.2) is 4.80 Å². The molecular formula is C24H20BrFN2O3S. The first-order valence-electron chi connectivity index (χ1n) is 10.0. The minimum atomic E-state index is -0.752. The lowest BCUT2D eigenvalue weighted by molar-refractivity contribution is -0.139. The van der Waals surface area contributed by atoms with Crippen molar-refractivity contribution in [2.45, 2.75) is 26.8 Å². The van der Waals surface area contributed by atoms with Gasteiger partial charge in [0.2, 0.25) is 0 Å². The van der Waals surface area contributed by atoms with Crippen LogP contribution in [0.1, 0.15) is 36.6 Å². The highest BCUT2D eigenvalue weighted by Gasteiger charge is 2.33. The van der Waals surface area contributed by atoms with Gasteiger partial charge in [-0.05, 0) is 61.7 Å². The summed E-state index contributed by atoms with van der Waals surface area (Å²) in [5.41, 5.74) is 3.05. The number of aryl methyl sites for hydroxylation is 1. The molecule has 2 aromatic carbocycles. The average Bonchev–Trinajstić information content (AvgIpc) is 3.05. The SMILES string of the molecule is CCOC(=O)C1=C(C)N=c2s/c(=C\c3ccc(C)c(Br)c3)c(=O)n2[C@H]1c1ccc(F)cc1. The molecule has 8 heteroatoms. The summed E-state index contributed by atoms with van der Waals surface area (Å²) in [7, 11) is 0. The van der Waals surface area contributed by atoms with Gasteiger partial charge in [0.25, 0.3) is 5.56 Å². The quantitative estimate of drug-likeness (QED) is 0.494. The van der Waals surface area contributed by atoms with Crippen LogP contribution in [-0.4, -0.2) is 17.1 Å². The minimum Gasteiger partial charge on any atom is -0.463 e. The highest BCUT2D eigenvalue weighted by Crippen LogP contribution is 2.30. The van der Waals surface area contributed by atoms with Gasteiger partial charge in [-0.15, -0.1) is 0 Å². The zero-order valence-electron chi connectivity index (χ0n) is 17.7. The van der Waals surface area contributed by atoms with E-state index in [4.69, 9.17) is 4.74 Å². The molecule has 1 aliphatic heterocycles. The molecule has 0 N–H and O–H groups in total. The lowest BCUT2D eigenvalue weighted by atomic mass is 9.96. The Morgan fingerprint density at radius 2 is 1.97 bits per heavy atom. The van der Waals surface area contributed by atoms with Crippen molar-refractivity contribution in [3.05, 3.63) is 100 Å². The van der Waals surface area contributed by atoms with E-state index in [-0.39, 0.29) is 17.7 Å². The Labute approximate surface area is 196 Å². The van der Waals surface area contributed by atoms with Gasteiger partial charge in [-0.25, -0.2) is 14.2 Å². The molecule has 2 heterocycles. The van der Waals surface area contributed by atoms with Gasteiger partial charge in [-0.1, -0.05) is 51.5 Å². The van der Waals surface area contributed by atoms with Gasteiger partial charge in [-0.3, -0.25) is 9.36 Å². The Morgan fingerprint density at radius 1 is 1.25 bits per heavy atom. The number of carbonyl (C=O) groups is 1. The van der Waals surface area contributed by atoms with Crippen LogP contribution in [0.25, 0.3) is 6.08 Å². The number of esters is 1. The summed E-state index contributed by atoms with van der Waals surface area (Å²) >= 11 is 4.77. The Balaban J connectivity index is 1.95. The Hall–Kier alpha value is -2.84. The van der Waals surface area contributed by atoms with E-state index in [1.54, 1.807) is 32.1 Å². The van der Waals surface area contributed by atoms with Gasteiger partial charge < -0.3 is 4.74 Å². The molecule has 3 aromatic rings. The summed E-state index contributed by atoms with van der Waals surface area (Å²) in [6.07, 6.45) is 1.80. The second-order valence-corrected chi connectivity index (χ2v) is 9.23. The molecule has 0 unspecified atom stereocenters. The van der Waals surface area contributed by atoms with E-state index in [0.717, 1.165) is 15.6 Å². The first kappa shape index (κ1) is 22.4. The van der Waals surface area contributed by atoms with Crippen molar-refractivity contribution in [2.24, 2.45) is 4.99 Å². The van der Waals surface area contributed by atoms with Gasteiger partial charge >= 0.3 is 5.97 Å². The van der Waals surface area contributed by atoms with Crippen molar-refractivity contribution in [1.29, 1.82) is 0 Å². The first-order chi connectivity index (χ1) is 15.3. The van der Waals surface area contributed by atoms with Crippen molar-refractivity contribution in [1.82, 2.24) is 4.57 Å². The lowest BCUT2D eigenvalue weighted by Gasteiger charge is -2.24. The number of halogens is 2. The van der Waals surface area contributed by atoms with Crippen LogP contribution in [0.3, 0.4) is 0 Å². The molecule has 0 fully saturated rings.